The molecule has 1 atom stereocenters. The second-order valence-electron chi connectivity index (χ2n) is 5.53. The Bertz CT molecular complexity index is 818. The van der Waals surface area contributed by atoms with Gasteiger partial charge in [0.25, 0.3) is 0 Å². The van der Waals surface area contributed by atoms with Gasteiger partial charge in [-0.1, -0.05) is 0 Å². The molecule has 1 heterocycles. The van der Waals surface area contributed by atoms with Crippen molar-refractivity contribution in [3.8, 4) is 5.69 Å². The fourth-order valence-electron chi connectivity index (χ4n) is 2.57. The highest BCUT2D eigenvalue weighted by molar-refractivity contribution is 5.79. The maximum absolute atomic E-state index is 13.5. The van der Waals surface area contributed by atoms with Gasteiger partial charge in [0, 0.05) is 6.04 Å². The molecule has 1 aromatic heterocycles. The lowest BCUT2D eigenvalue weighted by Gasteiger charge is -2.14. The average Bonchev–Trinajstić information content (AvgIpc) is 2.82. The molecule has 0 bridgehead atoms. The van der Waals surface area contributed by atoms with Crippen LogP contribution in [0, 0.1) is 19.7 Å². The molecule has 0 fully saturated rings. The van der Waals surface area contributed by atoms with Gasteiger partial charge < -0.3 is 5.73 Å². The highest BCUT2D eigenvalue weighted by Gasteiger charge is 2.13. The van der Waals surface area contributed by atoms with E-state index in [0.717, 1.165) is 22.3 Å². The Balaban J connectivity index is 2.28. The molecule has 0 saturated carbocycles. The highest BCUT2D eigenvalue weighted by atomic mass is 19.1. The quantitative estimate of drug-likeness (QED) is 0.777. The lowest BCUT2D eigenvalue weighted by Crippen LogP contribution is -2.10. The van der Waals surface area contributed by atoms with Crippen molar-refractivity contribution in [1.29, 1.82) is 0 Å². The zero-order valence-corrected chi connectivity index (χ0v) is 12.4. The normalized spacial score (nSPS) is 12.8. The lowest BCUT2D eigenvalue weighted by molar-refractivity contribution is 0.621. The number of hydrogen-bond acceptors (Lipinski definition) is 2. The molecule has 21 heavy (non-hydrogen) atoms. The molecular formula is C17H18FN3. The molecule has 0 radical (unpaired) electrons. The van der Waals surface area contributed by atoms with E-state index in [-0.39, 0.29) is 11.9 Å². The number of imidazole rings is 1. The Morgan fingerprint density at radius 1 is 1.14 bits per heavy atom. The van der Waals surface area contributed by atoms with Gasteiger partial charge in [-0.15, -0.1) is 0 Å². The summed E-state index contributed by atoms with van der Waals surface area (Å²) in [6.07, 6.45) is 1.77. The molecule has 3 aromatic rings. The number of benzene rings is 2. The highest BCUT2D eigenvalue weighted by Crippen LogP contribution is 2.26. The summed E-state index contributed by atoms with van der Waals surface area (Å²) in [7, 11) is 0. The summed E-state index contributed by atoms with van der Waals surface area (Å²) in [5, 5.41) is 0. The summed E-state index contributed by atoms with van der Waals surface area (Å²) >= 11 is 0. The summed E-state index contributed by atoms with van der Waals surface area (Å²) in [6.45, 7) is 6.00. The molecule has 2 aromatic carbocycles. The molecule has 2 N–H and O–H groups in total. The van der Waals surface area contributed by atoms with Crippen molar-refractivity contribution in [2.45, 2.75) is 26.8 Å². The Morgan fingerprint density at radius 2 is 1.86 bits per heavy atom. The first-order valence-corrected chi connectivity index (χ1v) is 6.97. The van der Waals surface area contributed by atoms with E-state index in [0.29, 0.717) is 0 Å². The van der Waals surface area contributed by atoms with Crippen molar-refractivity contribution >= 4 is 11.0 Å². The zero-order chi connectivity index (χ0) is 15.1. The third-order valence-corrected chi connectivity index (χ3v) is 3.90. The molecule has 4 heteroatoms. The molecule has 0 aliphatic carbocycles. The first-order valence-electron chi connectivity index (χ1n) is 6.97. The van der Waals surface area contributed by atoms with Crippen molar-refractivity contribution in [2.75, 3.05) is 0 Å². The van der Waals surface area contributed by atoms with E-state index in [1.165, 1.54) is 23.3 Å². The third kappa shape index (κ3) is 2.32. The van der Waals surface area contributed by atoms with Crippen molar-refractivity contribution in [3.63, 3.8) is 0 Å². The minimum atomic E-state index is -0.275. The Labute approximate surface area is 123 Å². The van der Waals surface area contributed by atoms with Crippen LogP contribution in [0.2, 0.25) is 0 Å². The first-order chi connectivity index (χ1) is 9.97. The Morgan fingerprint density at radius 3 is 2.57 bits per heavy atom. The molecule has 108 valence electrons. The predicted molar refractivity (Wildman–Crippen MR) is 83.1 cm³/mol. The number of halogens is 1. The fraction of sp³-hybridized carbons (Fsp3) is 0.235. The van der Waals surface area contributed by atoms with Crippen LogP contribution in [-0.2, 0) is 0 Å². The number of hydrogen-bond donors (Lipinski definition) is 1. The monoisotopic (exact) mass is 283 g/mol. The van der Waals surface area contributed by atoms with Crippen LogP contribution in [0.3, 0.4) is 0 Å². The first kappa shape index (κ1) is 13.8. The van der Waals surface area contributed by atoms with Crippen LogP contribution in [0.5, 0.6) is 0 Å². The number of nitrogens with zero attached hydrogens (tertiary/aromatic N) is 2. The summed E-state index contributed by atoms with van der Waals surface area (Å²) in [5.74, 6) is -0.275. The molecule has 3 nitrogen and oxygen atoms in total. The van der Waals surface area contributed by atoms with Crippen molar-refractivity contribution in [1.82, 2.24) is 9.55 Å². The maximum Gasteiger partial charge on any atom is 0.123 e. The second kappa shape index (κ2) is 4.97. The van der Waals surface area contributed by atoms with Crippen LogP contribution in [0.1, 0.15) is 29.7 Å². The van der Waals surface area contributed by atoms with Crippen molar-refractivity contribution in [3.05, 3.63) is 59.2 Å². The maximum atomic E-state index is 13.5. The van der Waals surface area contributed by atoms with E-state index in [9.17, 15) is 4.39 Å². The minimum Gasteiger partial charge on any atom is -0.324 e. The van der Waals surface area contributed by atoms with Gasteiger partial charge in [-0.3, -0.25) is 4.57 Å². The Kier molecular flexibility index (Phi) is 3.26. The predicted octanol–water partition coefficient (Wildman–Crippen LogP) is 3.80. The molecule has 0 aliphatic rings. The van der Waals surface area contributed by atoms with E-state index in [1.807, 2.05) is 11.5 Å². The summed E-state index contributed by atoms with van der Waals surface area (Å²) in [6, 6.07) is 8.62. The van der Waals surface area contributed by atoms with E-state index >= 15 is 0 Å². The van der Waals surface area contributed by atoms with Gasteiger partial charge in [-0.2, -0.15) is 0 Å². The van der Waals surface area contributed by atoms with Gasteiger partial charge in [-0.25, -0.2) is 9.37 Å². The standard InChI is InChI=1S/C17H18FN3/c1-10-6-15-17(7-11(10)2)21(9-20-15)16-5-4-13(18)8-14(16)12(3)19/h4-9,12H,19H2,1-3H3. The minimum absolute atomic E-state index is 0.250. The molecular weight excluding hydrogens is 265 g/mol. The number of nitrogens with two attached hydrogens (primary N) is 1. The van der Waals surface area contributed by atoms with E-state index in [1.54, 1.807) is 12.4 Å². The number of aryl methyl sites for hydroxylation is 2. The smallest absolute Gasteiger partial charge is 0.123 e. The van der Waals surface area contributed by atoms with E-state index in [4.69, 9.17) is 5.73 Å². The number of fused-ring (bicyclic) bond motifs is 1. The van der Waals surface area contributed by atoms with Gasteiger partial charge in [0.15, 0.2) is 0 Å². The van der Waals surface area contributed by atoms with Gasteiger partial charge in [0.05, 0.1) is 16.7 Å². The average molecular weight is 283 g/mol. The van der Waals surface area contributed by atoms with Crippen LogP contribution in [0.25, 0.3) is 16.7 Å². The van der Waals surface area contributed by atoms with Crippen molar-refractivity contribution in [2.24, 2.45) is 5.73 Å². The molecule has 1 unspecified atom stereocenters. The van der Waals surface area contributed by atoms with Gasteiger partial charge in [-0.05, 0) is 67.8 Å². The number of rotatable bonds is 2. The third-order valence-electron chi connectivity index (χ3n) is 3.90. The van der Waals surface area contributed by atoms with Crippen molar-refractivity contribution < 1.29 is 4.39 Å². The van der Waals surface area contributed by atoms with Crippen LogP contribution >= 0.6 is 0 Å². The second-order valence-corrected chi connectivity index (χ2v) is 5.53. The van der Waals surface area contributed by atoms with Crippen LogP contribution in [-0.4, -0.2) is 9.55 Å². The largest absolute Gasteiger partial charge is 0.324 e. The summed E-state index contributed by atoms with van der Waals surface area (Å²) in [4.78, 5) is 4.45. The fourth-order valence-corrected chi connectivity index (χ4v) is 2.57. The van der Waals surface area contributed by atoms with Gasteiger partial charge in [0.1, 0.15) is 12.1 Å². The lowest BCUT2D eigenvalue weighted by atomic mass is 10.1. The van der Waals surface area contributed by atoms with Gasteiger partial charge >= 0.3 is 0 Å². The topological polar surface area (TPSA) is 43.8 Å². The van der Waals surface area contributed by atoms with Crippen LogP contribution in [0.4, 0.5) is 4.39 Å². The molecule has 0 aliphatic heterocycles. The van der Waals surface area contributed by atoms with Gasteiger partial charge in [0.2, 0.25) is 0 Å². The van der Waals surface area contributed by atoms with E-state index < -0.39 is 0 Å². The van der Waals surface area contributed by atoms with Crippen LogP contribution < -0.4 is 5.73 Å². The molecule has 3 rings (SSSR count). The molecule has 0 spiro atoms. The van der Waals surface area contributed by atoms with Crippen LogP contribution in [0.15, 0.2) is 36.7 Å². The zero-order valence-electron chi connectivity index (χ0n) is 12.4. The Hall–Kier alpha value is -2.20. The number of aromatic nitrogens is 2. The molecule has 0 amide bonds. The summed E-state index contributed by atoms with van der Waals surface area (Å²) in [5.41, 5.74) is 12.0. The summed E-state index contributed by atoms with van der Waals surface area (Å²) < 4.78 is 15.5. The SMILES string of the molecule is Cc1cc2ncn(-c3ccc(F)cc3C(C)N)c2cc1C. The molecule has 0 saturated heterocycles. The van der Waals surface area contributed by atoms with E-state index in [2.05, 4.69) is 31.0 Å².